The molecule has 0 aliphatic heterocycles. The third-order valence-corrected chi connectivity index (χ3v) is 2.76. The van der Waals surface area contributed by atoms with Crippen molar-refractivity contribution in [3.05, 3.63) is 52.4 Å². The molecule has 3 nitrogen and oxygen atoms in total. The highest BCUT2D eigenvalue weighted by molar-refractivity contribution is 6.29. The van der Waals surface area contributed by atoms with Gasteiger partial charge < -0.3 is 5.11 Å². The van der Waals surface area contributed by atoms with E-state index in [2.05, 4.69) is 4.98 Å². The van der Waals surface area contributed by atoms with Crippen LogP contribution in [0.4, 0.5) is 17.6 Å². The fourth-order valence-corrected chi connectivity index (χ4v) is 1.88. The molecule has 0 amide bonds. The number of hydrogen-bond donors (Lipinski definition) is 1. The Bertz CT molecular complexity index is 716. The first-order valence-electron chi connectivity index (χ1n) is 5.46. The third kappa shape index (κ3) is 3.49. The molecule has 0 fully saturated rings. The molecule has 1 aromatic carbocycles. The topological polar surface area (TPSA) is 50.2 Å². The molecule has 110 valence electrons. The number of rotatable bonds is 2. The molecule has 1 N–H and O–H groups in total. The van der Waals surface area contributed by atoms with Crippen molar-refractivity contribution in [3.63, 3.8) is 0 Å². The van der Waals surface area contributed by atoms with Crippen molar-refractivity contribution in [1.82, 2.24) is 4.98 Å². The maximum Gasteiger partial charge on any atom is 0.416 e. The van der Waals surface area contributed by atoms with Crippen LogP contribution in [0.3, 0.4) is 0 Å². The number of aromatic carboxylic acids is 1. The number of carboxylic acids is 1. The van der Waals surface area contributed by atoms with Gasteiger partial charge in [0.05, 0.1) is 16.8 Å². The molecule has 8 heteroatoms. The minimum absolute atomic E-state index is 0.111. The van der Waals surface area contributed by atoms with Crippen molar-refractivity contribution in [2.24, 2.45) is 0 Å². The summed E-state index contributed by atoms with van der Waals surface area (Å²) in [6, 6.07) is 3.95. The molecule has 2 aromatic rings. The number of carbonyl (C=O) groups is 1. The van der Waals surface area contributed by atoms with E-state index in [1.165, 1.54) is 0 Å². The molecule has 0 aliphatic carbocycles. The van der Waals surface area contributed by atoms with E-state index in [0.717, 1.165) is 18.2 Å². The SMILES string of the molecule is O=C(O)c1cc(F)cc(-c2cc(C(F)(F)F)cc(Cl)n2)c1. The highest BCUT2D eigenvalue weighted by Crippen LogP contribution is 2.33. The lowest BCUT2D eigenvalue weighted by Gasteiger charge is -2.10. The van der Waals surface area contributed by atoms with Crippen molar-refractivity contribution in [3.8, 4) is 11.3 Å². The molecule has 0 atom stereocenters. The first kappa shape index (κ1) is 15.2. The standard InChI is InChI=1S/C13H6ClF4NO2/c14-11-5-8(13(16,17)18)4-10(19-11)6-1-7(12(20)21)3-9(15)2-6/h1-5H,(H,20,21). The van der Waals surface area contributed by atoms with E-state index in [1.54, 1.807) is 0 Å². The lowest BCUT2D eigenvalue weighted by Crippen LogP contribution is -2.06. The monoisotopic (exact) mass is 319 g/mol. The second kappa shape index (κ2) is 5.33. The number of carboxylic acid groups (broad SMARTS) is 1. The van der Waals surface area contributed by atoms with Crippen LogP contribution >= 0.6 is 11.6 Å². The summed E-state index contributed by atoms with van der Waals surface area (Å²) in [7, 11) is 0. The quantitative estimate of drug-likeness (QED) is 0.664. The maximum atomic E-state index is 13.4. The van der Waals surface area contributed by atoms with E-state index in [-0.39, 0.29) is 11.3 Å². The molecule has 0 saturated carbocycles. The van der Waals surface area contributed by atoms with Crippen molar-refractivity contribution in [2.45, 2.75) is 6.18 Å². The van der Waals surface area contributed by atoms with E-state index in [4.69, 9.17) is 16.7 Å². The predicted molar refractivity (Wildman–Crippen MR) is 66.6 cm³/mol. The van der Waals surface area contributed by atoms with Crippen molar-refractivity contribution in [1.29, 1.82) is 0 Å². The summed E-state index contributed by atoms with van der Waals surface area (Å²) in [6.45, 7) is 0. The van der Waals surface area contributed by atoms with Crippen molar-refractivity contribution in [2.75, 3.05) is 0 Å². The first-order valence-corrected chi connectivity index (χ1v) is 5.83. The molecule has 0 bridgehead atoms. The van der Waals surface area contributed by atoms with Crippen LogP contribution in [0.25, 0.3) is 11.3 Å². The van der Waals surface area contributed by atoms with Crippen LogP contribution in [0, 0.1) is 5.82 Å². The van der Waals surface area contributed by atoms with Gasteiger partial charge in [-0.05, 0) is 30.3 Å². The zero-order chi connectivity index (χ0) is 15.8. The van der Waals surface area contributed by atoms with Crippen molar-refractivity contribution >= 4 is 17.6 Å². The first-order chi connectivity index (χ1) is 9.66. The highest BCUT2D eigenvalue weighted by atomic mass is 35.5. The van der Waals surface area contributed by atoms with Gasteiger partial charge in [-0.1, -0.05) is 11.6 Å². The predicted octanol–water partition coefficient (Wildman–Crippen LogP) is 4.26. The molecule has 1 heterocycles. The number of benzene rings is 1. The molecule has 0 aliphatic rings. The van der Waals surface area contributed by atoms with Crippen LogP contribution < -0.4 is 0 Å². The highest BCUT2D eigenvalue weighted by Gasteiger charge is 2.31. The van der Waals surface area contributed by atoms with Crippen LogP contribution in [0.1, 0.15) is 15.9 Å². The summed E-state index contributed by atoms with van der Waals surface area (Å²) in [5, 5.41) is 8.40. The van der Waals surface area contributed by atoms with Crippen LogP contribution in [0.5, 0.6) is 0 Å². The summed E-state index contributed by atoms with van der Waals surface area (Å²) < 4.78 is 51.4. The van der Waals surface area contributed by atoms with Gasteiger partial charge in [-0.25, -0.2) is 14.2 Å². The van der Waals surface area contributed by atoms with Crippen LogP contribution in [0.15, 0.2) is 30.3 Å². The molecule has 0 radical (unpaired) electrons. The Morgan fingerprint density at radius 2 is 1.81 bits per heavy atom. The van der Waals surface area contributed by atoms with Crippen LogP contribution in [-0.4, -0.2) is 16.1 Å². The van der Waals surface area contributed by atoms with E-state index in [1.807, 2.05) is 0 Å². The molecular formula is C13H6ClF4NO2. The van der Waals surface area contributed by atoms with E-state index < -0.39 is 34.2 Å². The average Bonchev–Trinajstić information content (AvgIpc) is 2.36. The van der Waals surface area contributed by atoms with Gasteiger partial charge >= 0.3 is 12.1 Å². The molecule has 2 rings (SSSR count). The second-order valence-electron chi connectivity index (χ2n) is 4.10. The lowest BCUT2D eigenvalue weighted by molar-refractivity contribution is -0.137. The van der Waals surface area contributed by atoms with Gasteiger partial charge in [0.2, 0.25) is 0 Å². The Morgan fingerprint density at radius 3 is 2.38 bits per heavy atom. The Kier molecular flexibility index (Phi) is 3.87. The number of halogens is 5. The molecule has 1 aromatic heterocycles. The molecule has 0 spiro atoms. The Morgan fingerprint density at radius 1 is 1.14 bits per heavy atom. The largest absolute Gasteiger partial charge is 0.478 e. The Labute approximate surface area is 120 Å². The summed E-state index contributed by atoms with van der Waals surface area (Å²) in [5.74, 6) is -2.31. The maximum absolute atomic E-state index is 13.4. The molecular weight excluding hydrogens is 314 g/mol. The van der Waals surface area contributed by atoms with Gasteiger partial charge in [-0.3, -0.25) is 0 Å². The number of alkyl halides is 3. The van der Waals surface area contributed by atoms with Gasteiger partial charge in [-0.2, -0.15) is 13.2 Å². The molecule has 0 saturated heterocycles. The summed E-state index contributed by atoms with van der Waals surface area (Å²) in [6.07, 6.45) is -4.65. The third-order valence-electron chi connectivity index (χ3n) is 2.56. The Balaban J connectivity index is 2.62. The van der Waals surface area contributed by atoms with Gasteiger partial charge in [0.15, 0.2) is 0 Å². The van der Waals surface area contributed by atoms with E-state index >= 15 is 0 Å². The lowest BCUT2D eigenvalue weighted by atomic mass is 10.1. The summed E-state index contributed by atoms with van der Waals surface area (Å²) in [4.78, 5) is 14.5. The second-order valence-corrected chi connectivity index (χ2v) is 4.48. The summed E-state index contributed by atoms with van der Waals surface area (Å²) in [5.41, 5.74) is -1.84. The van der Waals surface area contributed by atoms with Crippen LogP contribution in [-0.2, 0) is 6.18 Å². The van der Waals surface area contributed by atoms with Gasteiger partial charge in [0.1, 0.15) is 11.0 Å². The molecule has 21 heavy (non-hydrogen) atoms. The fourth-order valence-electron chi connectivity index (χ4n) is 1.67. The van der Waals surface area contributed by atoms with Crippen molar-refractivity contribution < 1.29 is 27.5 Å². The van der Waals surface area contributed by atoms with E-state index in [0.29, 0.717) is 12.1 Å². The minimum Gasteiger partial charge on any atom is -0.478 e. The minimum atomic E-state index is -4.65. The summed E-state index contributed by atoms with van der Waals surface area (Å²) >= 11 is 5.53. The number of hydrogen-bond acceptors (Lipinski definition) is 2. The molecule has 0 unspecified atom stereocenters. The van der Waals surface area contributed by atoms with Gasteiger partial charge in [0, 0.05) is 5.56 Å². The number of pyridine rings is 1. The van der Waals surface area contributed by atoms with E-state index in [9.17, 15) is 22.4 Å². The smallest absolute Gasteiger partial charge is 0.416 e. The number of nitrogens with zero attached hydrogens (tertiary/aromatic N) is 1. The average molecular weight is 320 g/mol. The van der Waals surface area contributed by atoms with Gasteiger partial charge in [0.25, 0.3) is 0 Å². The normalized spacial score (nSPS) is 11.5. The number of aromatic nitrogens is 1. The van der Waals surface area contributed by atoms with Crippen LogP contribution in [0.2, 0.25) is 5.15 Å². The van der Waals surface area contributed by atoms with Gasteiger partial charge in [-0.15, -0.1) is 0 Å². The fraction of sp³-hybridized carbons (Fsp3) is 0.0769. The zero-order valence-electron chi connectivity index (χ0n) is 10.1. The zero-order valence-corrected chi connectivity index (χ0v) is 10.8. The Hall–Kier alpha value is -2.15.